The molecule has 1 aliphatic heterocycles. The standard InChI is InChI=1S/C21H16BrClO2S2/c22-12-4-6-13(7-5-12)27-18-3-1-2-16(24)19(18)21(25)15-8-9-17-14(20(15)23)10-11-26-17/h4-9H,1-3,10-11H2. The summed E-state index contributed by atoms with van der Waals surface area (Å²) in [4.78, 5) is 29.0. The second-order valence-corrected chi connectivity index (χ2v) is 10.1. The van der Waals surface area contributed by atoms with E-state index in [1.54, 1.807) is 17.8 Å². The number of hydrogen-bond donors (Lipinski definition) is 0. The number of allylic oxidation sites excluding steroid dienone is 2. The second-order valence-electron chi connectivity index (χ2n) is 6.46. The lowest BCUT2D eigenvalue weighted by Gasteiger charge is -2.19. The van der Waals surface area contributed by atoms with Crippen LogP contribution in [0.25, 0.3) is 0 Å². The van der Waals surface area contributed by atoms with Crippen LogP contribution in [0.3, 0.4) is 0 Å². The lowest BCUT2D eigenvalue weighted by atomic mass is 9.91. The SMILES string of the molecule is O=C1CCCC(Sc2ccc(Br)cc2)=C1C(=O)c1ccc2c(c1Cl)CCS2. The first kappa shape index (κ1) is 19.3. The largest absolute Gasteiger partial charge is 0.294 e. The molecule has 0 unspecified atom stereocenters. The molecule has 0 amide bonds. The van der Waals surface area contributed by atoms with Crippen LogP contribution in [-0.2, 0) is 11.2 Å². The number of hydrogen-bond acceptors (Lipinski definition) is 4. The van der Waals surface area contributed by atoms with Crippen LogP contribution < -0.4 is 0 Å². The highest BCUT2D eigenvalue weighted by atomic mass is 79.9. The first-order valence-corrected chi connectivity index (χ1v) is 11.7. The average Bonchev–Trinajstić information content (AvgIpc) is 3.13. The maximum Gasteiger partial charge on any atom is 0.198 e. The van der Waals surface area contributed by atoms with E-state index >= 15 is 0 Å². The summed E-state index contributed by atoms with van der Waals surface area (Å²) >= 11 is 13.3. The number of ketones is 2. The summed E-state index contributed by atoms with van der Waals surface area (Å²) in [5, 5.41) is 0.515. The van der Waals surface area contributed by atoms with Crippen LogP contribution in [0, 0.1) is 0 Å². The van der Waals surface area contributed by atoms with Crippen LogP contribution in [0.2, 0.25) is 5.02 Å². The first-order valence-electron chi connectivity index (χ1n) is 8.73. The van der Waals surface area contributed by atoms with Crippen molar-refractivity contribution >= 4 is 62.6 Å². The molecule has 27 heavy (non-hydrogen) atoms. The van der Waals surface area contributed by atoms with E-state index in [4.69, 9.17) is 11.6 Å². The zero-order valence-electron chi connectivity index (χ0n) is 14.4. The molecule has 0 atom stereocenters. The molecule has 138 valence electrons. The van der Waals surface area contributed by atoms with Gasteiger partial charge in [0.1, 0.15) is 0 Å². The van der Waals surface area contributed by atoms with Gasteiger partial charge < -0.3 is 0 Å². The Morgan fingerprint density at radius 2 is 1.85 bits per heavy atom. The van der Waals surface area contributed by atoms with Gasteiger partial charge in [0.05, 0.1) is 10.6 Å². The molecule has 1 heterocycles. The zero-order valence-corrected chi connectivity index (χ0v) is 18.4. The third-order valence-electron chi connectivity index (χ3n) is 4.70. The predicted molar refractivity (Wildman–Crippen MR) is 116 cm³/mol. The molecule has 2 aliphatic rings. The van der Waals surface area contributed by atoms with Gasteiger partial charge in [0.25, 0.3) is 0 Å². The molecule has 2 aromatic rings. The monoisotopic (exact) mass is 478 g/mol. The summed E-state index contributed by atoms with van der Waals surface area (Å²) < 4.78 is 1.000. The van der Waals surface area contributed by atoms with Gasteiger partial charge in [-0.2, -0.15) is 0 Å². The lowest BCUT2D eigenvalue weighted by molar-refractivity contribution is -0.115. The van der Waals surface area contributed by atoms with Crippen molar-refractivity contribution in [3.8, 4) is 0 Å². The Morgan fingerprint density at radius 1 is 1.07 bits per heavy atom. The minimum atomic E-state index is -0.232. The molecule has 0 aromatic heterocycles. The maximum atomic E-state index is 13.3. The highest BCUT2D eigenvalue weighted by molar-refractivity contribution is 9.10. The molecule has 2 aromatic carbocycles. The fourth-order valence-electron chi connectivity index (χ4n) is 3.36. The quantitative estimate of drug-likeness (QED) is 0.359. The summed E-state index contributed by atoms with van der Waals surface area (Å²) in [6.07, 6.45) is 2.81. The number of rotatable bonds is 4. The highest BCUT2D eigenvalue weighted by Gasteiger charge is 2.30. The van der Waals surface area contributed by atoms with E-state index in [1.165, 1.54) is 11.8 Å². The number of thioether (sulfide) groups is 2. The van der Waals surface area contributed by atoms with Gasteiger partial charge in [-0.15, -0.1) is 11.8 Å². The predicted octanol–water partition coefficient (Wildman–Crippen LogP) is 6.73. The molecule has 0 saturated carbocycles. The zero-order chi connectivity index (χ0) is 19.0. The molecule has 4 rings (SSSR count). The van der Waals surface area contributed by atoms with Crippen molar-refractivity contribution in [3.63, 3.8) is 0 Å². The van der Waals surface area contributed by atoms with E-state index in [2.05, 4.69) is 15.9 Å². The van der Waals surface area contributed by atoms with Crippen molar-refractivity contribution in [3.05, 3.63) is 67.5 Å². The molecule has 2 nitrogen and oxygen atoms in total. The molecule has 0 spiro atoms. The fraction of sp³-hybridized carbons (Fsp3) is 0.238. The molecule has 0 radical (unpaired) electrons. The van der Waals surface area contributed by atoms with Crippen molar-refractivity contribution in [1.29, 1.82) is 0 Å². The average molecular weight is 480 g/mol. The molecule has 6 heteroatoms. The maximum absolute atomic E-state index is 13.3. The van der Waals surface area contributed by atoms with E-state index in [1.807, 2.05) is 30.3 Å². The molecule has 0 saturated heterocycles. The summed E-state index contributed by atoms with van der Waals surface area (Å²) in [5.74, 6) is 0.680. The van der Waals surface area contributed by atoms with E-state index in [-0.39, 0.29) is 11.6 Å². The molecular weight excluding hydrogens is 464 g/mol. The normalized spacial score (nSPS) is 16.6. The Bertz CT molecular complexity index is 967. The summed E-state index contributed by atoms with van der Waals surface area (Å²) in [7, 11) is 0. The summed E-state index contributed by atoms with van der Waals surface area (Å²) in [5.41, 5.74) is 1.82. The third-order valence-corrected chi connectivity index (χ3v) is 7.93. The Hall–Kier alpha value is -1.01. The first-order chi connectivity index (χ1) is 13.0. The van der Waals surface area contributed by atoms with Gasteiger partial charge in [-0.3, -0.25) is 9.59 Å². The van der Waals surface area contributed by atoms with E-state index < -0.39 is 0 Å². The van der Waals surface area contributed by atoms with Gasteiger partial charge in [-0.1, -0.05) is 39.3 Å². The van der Waals surface area contributed by atoms with Gasteiger partial charge >= 0.3 is 0 Å². The van der Waals surface area contributed by atoms with E-state index in [9.17, 15) is 9.59 Å². The van der Waals surface area contributed by atoms with Crippen molar-refractivity contribution < 1.29 is 9.59 Å². The van der Waals surface area contributed by atoms with Gasteiger partial charge in [-0.05, 0) is 61.2 Å². The van der Waals surface area contributed by atoms with Crippen LogP contribution in [0.4, 0.5) is 0 Å². The van der Waals surface area contributed by atoms with Crippen LogP contribution in [0.15, 0.2) is 61.1 Å². The smallest absolute Gasteiger partial charge is 0.198 e. The minimum absolute atomic E-state index is 0.0724. The Balaban J connectivity index is 1.73. The highest BCUT2D eigenvalue weighted by Crippen LogP contribution is 2.41. The number of halogens is 2. The molecular formula is C21H16BrClO2S2. The number of benzene rings is 2. The number of carbonyl (C=O) groups is 2. The van der Waals surface area contributed by atoms with Crippen molar-refractivity contribution in [2.24, 2.45) is 0 Å². The molecule has 0 N–H and O–H groups in total. The number of fused-ring (bicyclic) bond motifs is 1. The lowest BCUT2D eigenvalue weighted by Crippen LogP contribution is -2.19. The van der Waals surface area contributed by atoms with Crippen LogP contribution >= 0.6 is 51.1 Å². The molecule has 0 bridgehead atoms. The van der Waals surface area contributed by atoms with Gasteiger partial charge in [-0.25, -0.2) is 0 Å². The van der Waals surface area contributed by atoms with Crippen molar-refractivity contribution in [2.45, 2.75) is 35.5 Å². The van der Waals surface area contributed by atoms with Gasteiger partial charge in [0.2, 0.25) is 0 Å². The van der Waals surface area contributed by atoms with Crippen LogP contribution in [0.5, 0.6) is 0 Å². The summed E-state index contributed by atoms with van der Waals surface area (Å²) in [6, 6.07) is 11.6. The second kappa shape index (κ2) is 8.16. The third kappa shape index (κ3) is 3.93. The Labute approximate surface area is 180 Å². The molecule has 1 aliphatic carbocycles. The fourth-order valence-corrected chi connectivity index (χ4v) is 6.21. The topological polar surface area (TPSA) is 34.1 Å². The number of carbonyl (C=O) groups excluding carboxylic acids is 2. The Kier molecular flexibility index (Phi) is 5.83. The van der Waals surface area contributed by atoms with Gasteiger partial charge in [0, 0.05) is 36.9 Å². The van der Waals surface area contributed by atoms with Crippen LogP contribution in [0.1, 0.15) is 35.2 Å². The number of Topliss-reactive ketones (excluding diaryl/α,β-unsaturated/α-hetero) is 2. The van der Waals surface area contributed by atoms with Gasteiger partial charge in [0.15, 0.2) is 11.6 Å². The summed E-state index contributed by atoms with van der Waals surface area (Å²) in [6.45, 7) is 0. The van der Waals surface area contributed by atoms with E-state index in [0.29, 0.717) is 22.6 Å². The molecule has 0 fully saturated rings. The van der Waals surface area contributed by atoms with Crippen molar-refractivity contribution in [2.75, 3.05) is 5.75 Å². The van der Waals surface area contributed by atoms with Crippen LogP contribution in [-0.4, -0.2) is 17.3 Å². The Morgan fingerprint density at radius 3 is 2.63 bits per heavy atom. The van der Waals surface area contributed by atoms with Crippen molar-refractivity contribution in [1.82, 2.24) is 0 Å². The van der Waals surface area contributed by atoms with E-state index in [0.717, 1.165) is 49.7 Å². The minimum Gasteiger partial charge on any atom is -0.294 e.